The van der Waals surface area contributed by atoms with Gasteiger partial charge in [-0.15, -0.1) is 0 Å². The van der Waals surface area contributed by atoms with Crippen molar-refractivity contribution in [2.45, 2.75) is 64.3 Å². The molecule has 2 heterocycles. The van der Waals surface area contributed by atoms with E-state index in [0.29, 0.717) is 51.9 Å². The minimum atomic E-state index is -0.565. The third-order valence-corrected chi connectivity index (χ3v) is 7.15. The molecule has 0 spiro atoms. The predicted octanol–water partition coefficient (Wildman–Crippen LogP) is 3.32. The summed E-state index contributed by atoms with van der Waals surface area (Å²) in [6, 6.07) is 4.68. The van der Waals surface area contributed by atoms with Crippen molar-refractivity contribution >= 4 is 29.1 Å². The summed E-state index contributed by atoms with van der Waals surface area (Å²) in [5.74, 6) is -0.704. The number of ether oxygens (including phenoxy) is 2. The number of likely N-dealkylation sites (tertiary alicyclic amines) is 1. The van der Waals surface area contributed by atoms with Crippen molar-refractivity contribution in [2.24, 2.45) is 10.7 Å². The number of aliphatic imine (C=N–C) groups is 1. The molecule has 2 amide bonds. The number of carbonyl (C=O) groups is 2. The second-order valence-corrected chi connectivity index (χ2v) is 10.1. The van der Waals surface area contributed by atoms with Crippen molar-refractivity contribution in [3.05, 3.63) is 40.3 Å². The van der Waals surface area contributed by atoms with Gasteiger partial charge in [0.1, 0.15) is 18.3 Å². The van der Waals surface area contributed by atoms with Crippen LogP contribution < -0.4 is 10.5 Å². The molecule has 4 rings (SSSR count). The maximum Gasteiger partial charge on any atom is 0.270 e. The van der Waals surface area contributed by atoms with Crippen molar-refractivity contribution in [3.63, 3.8) is 0 Å². The van der Waals surface area contributed by atoms with Gasteiger partial charge in [0.25, 0.3) is 5.91 Å². The molecular formula is C26H34ClFN4O4. The number of benzene rings is 1. The van der Waals surface area contributed by atoms with Gasteiger partial charge in [-0.05, 0) is 45.2 Å². The number of hydrogen-bond donors (Lipinski definition) is 1. The highest BCUT2D eigenvalue weighted by atomic mass is 35.5. The molecule has 1 aromatic carbocycles. The summed E-state index contributed by atoms with van der Waals surface area (Å²) in [7, 11) is 0. The first-order valence-corrected chi connectivity index (χ1v) is 13.0. The molecule has 36 heavy (non-hydrogen) atoms. The molecule has 2 N–H and O–H groups in total. The summed E-state index contributed by atoms with van der Waals surface area (Å²) in [4.78, 5) is 33.9. The van der Waals surface area contributed by atoms with Gasteiger partial charge in [0.2, 0.25) is 5.91 Å². The van der Waals surface area contributed by atoms with E-state index >= 15 is 0 Å². The molecule has 0 radical (unpaired) electrons. The lowest BCUT2D eigenvalue weighted by Crippen LogP contribution is -2.49. The molecule has 3 fully saturated rings. The van der Waals surface area contributed by atoms with E-state index in [1.165, 1.54) is 6.07 Å². The Morgan fingerprint density at radius 1 is 1.17 bits per heavy atom. The van der Waals surface area contributed by atoms with Crippen LogP contribution in [0.5, 0.6) is 5.75 Å². The topological polar surface area (TPSA) is 97.5 Å². The highest BCUT2D eigenvalue weighted by Gasteiger charge is 2.30. The lowest BCUT2D eigenvalue weighted by molar-refractivity contribution is -0.139. The largest absolute Gasteiger partial charge is 0.487 e. The predicted molar refractivity (Wildman–Crippen MR) is 136 cm³/mol. The zero-order chi connectivity index (χ0) is 25.8. The van der Waals surface area contributed by atoms with Gasteiger partial charge in [0.15, 0.2) is 11.6 Å². The standard InChI is InChI=1S/C26H34ClFN4O4/c1-16-14-32(15-17(2)35-16)26(34)25(29)19-5-3-7-21(19)30-13-23(33)31-11-9-18(10-12-31)36-22-8-4-6-20(27)24(22)28/h4,6,8,16-18H,3,5,7,9-15,29H2,1-2H3/t16-,17+. The number of nitrogens with two attached hydrogens (primary N) is 1. The third kappa shape index (κ3) is 6.18. The van der Waals surface area contributed by atoms with E-state index in [0.717, 1.165) is 17.7 Å². The minimum Gasteiger partial charge on any atom is -0.487 e. The van der Waals surface area contributed by atoms with Crippen molar-refractivity contribution < 1.29 is 23.5 Å². The van der Waals surface area contributed by atoms with E-state index in [-0.39, 0.29) is 53.1 Å². The number of allylic oxidation sites excluding steroid dienone is 1. The molecule has 0 unspecified atom stereocenters. The Labute approximate surface area is 216 Å². The van der Waals surface area contributed by atoms with Crippen LogP contribution in [0, 0.1) is 5.82 Å². The maximum absolute atomic E-state index is 14.1. The zero-order valence-corrected chi connectivity index (χ0v) is 21.6. The van der Waals surface area contributed by atoms with Crippen molar-refractivity contribution in [1.82, 2.24) is 9.80 Å². The van der Waals surface area contributed by atoms with Gasteiger partial charge < -0.3 is 25.0 Å². The fourth-order valence-corrected chi connectivity index (χ4v) is 5.24. The van der Waals surface area contributed by atoms with Crippen LogP contribution in [0.1, 0.15) is 46.0 Å². The molecule has 2 aliphatic heterocycles. The molecule has 1 aromatic rings. The number of halogens is 2. The van der Waals surface area contributed by atoms with Crippen molar-refractivity contribution in [3.8, 4) is 5.75 Å². The van der Waals surface area contributed by atoms with Gasteiger partial charge >= 0.3 is 0 Å². The molecule has 1 aliphatic carbocycles. The number of nitrogens with zero attached hydrogens (tertiary/aromatic N) is 3. The summed E-state index contributed by atoms with van der Waals surface area (Å²) >= 11 is 5.83. The molecule has 0 aromatic heterocycles. The van der Waals surface area contributed by atoms with Crippen LogP contribution >= 0.6 is 11.6 Å². The molecule has 2 saturated heterocycles. The average Bonchev–Trinajstić information content (AvgIpc) is 3.33. The molecule has 0 bridgehead atoms. The highest BCUT2D eigenvalue weighted by molar-refractivity contribution is 6.30. The van der Waals surface area contributed by atoms with Gasteiger partial charge in [0.05, 0.1) is 17.2 Å². The first kappa shape index (κ1) is 26.4. The summed E-state index contributed by atoms with van der Waals surface area (Å²) in [6.45, 7) is 5.92. The van der Waals surface area contributed by atoms with Crippen molar-refractivity contribution in [1.29, 1.82) is 0 Å². The molecule has 10 heteroatoms. The van der Waals surface area contributed by atoms with E-state index < -0.39 is 5.82 Å². The van der Waals surface area contributed by atoms with E-state index in [1.807, 2.05) is 13.8 Å². The van der Waals surface area contributed by atoms with Crippen LogP contribution in [-0.2, 0) is 14.3 Å². The molecule has 1 saturated carbocycles. The Hall–Kier alpha value is -2.65. The van der Waals surface area contributed by atoms with E-state index in [9.17, 15) is 14.0 Å². The second-order valence-electron chi connectivity index (χ2n) is 9.73. The van der Waals surface area contributed by atoms with Gasteiger partial charge in [0, 0.05) is 50.3 Å². The van der Waals surface area contributed by atoms with Crippen LogP contribution in [-0.4, -0.2) is 78.4 Å². The number of amides is 2. The zero-order valence-electron chi connectivity index (χ0n) is 20.8. The molecular weight excluding hydrogens is 487 g/mol. The normalized spacial score (nSPS) is 25.8. The van der Waals surface area contributed by atoms with Gasteiger partial charge in [-0.3, -0.25) is 14.6 Å². The summed E-state index contributed by atoms with van der Waals surface area (Å²) < 4.78 is 25.6. The molecule has 8 nitrogen and oxygen atoms in total. The summed E-state index contributed by atoms with van der Waals surface area (Å²) in [6.07, 6.45) is 3.17. The number of carbonyl (C=O) groups excluding carboxylic acids is 2. The van der Waals surface area contributed by atoms with Crippen LogP contribution in [0.25, 0.3) is 0 Å². The van der Waals surface area contributed by atoms with Crippen molar-refractivity contribution in [2.75, 3.05) is 32.7 Å². The van der Waals surface area contributed by atoms with Gasteiger partial charge in [-0.25, -0.2) is 4.39 Å². The Bertz CT molecular complexity index is 1040. The molecule has 196 valence electrons. The summed E-state index contributed by atoms with van der Waals surface area (Å²) in [5, 5.41) is 0.0240. The minimum absolute atomic E-state index is 0.0143. The SMILES string of the molecule is C[C@@H]1CN(C(=O)C(N)=C2CCCC2=NCC(=O)N2CCC(Oc3cccc(Cl)c3F)CC2)C[C@H](C)O1. The Kier molecular flexibility index (Phi) is 8.51. The monoisotopic (exact) mass is 520 g/mol. The number of rotatable bonds is 5. The Morgan fingerprint density at radius 3 is 2.56 bits per heavy atom. The van der Waals surface area contributed by atoms with Crippen LogP contribution in [0.4, 0.5) is 4.39 Å². The number of piperidine rings is 1. The highest BCUT2D eigenvalue weighted by Crippen LogP contribution is 2.28. The fourth-order valence-electron chi connectivity index (χ4n) is 5.08. The van der Waals surface area contributed by atoms with E-state index in [2.05, 4.69) is 4.99 Å². The lowest BCUT2D eigenvalue weighted by Gasteiger charge is -2.35. The Balaban J connectivity index is 1.32. The molecule has 2 atom stereocenters. The fraction of sp³-hybridized carbons (Fsp3) is 0.577. The first-order valence-electron chi connectivity index (χ1n) is 12.6. The number of morpholine rings is 1. The first-order chi connectivity index (χ1) is 17.2. The second kappa shape index (κ2) is 11.6. The van der Waals surface area contributed by atoms with Gasteiger partial charge in [-0.1, -0.05) is 17.7 Å². The Morgan fingerprint density at radius 2 is 1.86 bits per heavy atom. The average molecular weight is 521 g/mol. The quantitative estimate of drug-likeness (QED) is 0.601. The maximum atomic E-state index is 14.1. The smallest absolute Gasteiger partial charge is 0.270 e. The van der Waals surface area contributed by atoms with Gasteiger partial charge in [-0.2, -0.15) is 0 Å². The van der Waals surface area contributed by atoms with Crippen LogP contribution in [0.2, 0.25) is 5.02 Å². The lowest BCUT2D eigenvalue weighted by atomic mass is 10.1. The third-order valence-electron chi connectivity index (χ3n) is 6.86. The number of hydrogen-bond acceptors (Lipinski definition) is 6. The van der Waals surface area contributed by atoms with Crippen LogP contribution in [0.15, 0.2) is 34.5 Å². The summed E-state index contributed by atoms with van der Waals surface area (Å²) in [5.41, 5.74) is 8.04. The molecule has 3 aliphatic rings. The van der Waals surface area contributed by atoms with Crippen LogP contribution in [0.3, 0.4) is 0 Å². The van der Waals surface area contributed by atoms with E-state index in [4.69, 9.17) is 26.8 Å². The van der Waals surface area contributed by atoms with E-state index in [1.54, 1.807) is 21.9 Å².